The highest BCUT2D eigenvalue weighted by Crippen LogP contribution is 2.05. The van der Waals surface area contributed by atoms with E-state index in [0.717, 1.165) is 13.2 Å². The van der Waals surface area contributed by atoms with Crippen LogP contribution >= 0.6 is 0 Å². The molecule has 0 aliphatic carbocycles. The van der Waals surface area contributed by atoms with E-state index in [0.29, 0.717) is 0 Å². The molecule has 0 heterocycles. The molecular weight excluding hydrogens is 328 g/mol. The van der Waals surface area contributed by atoms with Gasteiger partial charge in [0.2, 0.25) is 16.6 Å². The Morgan fingerprint density at radius 2 is 0.875 bits per heavy atom. The molecule has 0 atom stereocenters. The molecule has 0 unspecified atom stereocenters. The Labute approximate surface area is 150 Å². The number of hydrogen-bond donors (Lipinski definition) is 0. The van der Waals surface area contributed by atoms with Gasteiger partial charge in [0, 0.05) is 13.2 Å². The van der Waals surface area contributed by atoms with Crippen molar-refractivity contribution in [1.29, 1.82) is 0 Å². The first-order chi connectivity index (χ1) is 11.3. The fourth-order valence-corrected chi connectivity index (χ4v) is 6.33. The molecule has 0 aromatic heterocycles. The molecule has 0 N–H and O–H groups in total. The van der Waals surface area contributed by atoms with Gasteiger partial charge in [-0.2, -0.15) is 0 Å². The topological polar surface area (TPSA) is 18.5 Å². The molecule has 0 radical (unpaired) electrons. The molecule has 0 spiro atoms. The summed E-state index contributed by atoms with van der Waals surface area (Å²) in [5.74, 6) is 0. The van der Waals surface area contributed by atoms with Crippen LogP contribution in [0.25, 0.3) is 0 Å². The van der Waals surface area contributed by atoms with Crippen LogP contribution in [0.5, 0.6) is 0 Å². The smallest absolute Gasteiger partial charge is 0.218 e. The van der Waals surface area contributed by atoms with Crippen molar-refractivity contribution < 1.29 is 8.85 Å². The van der Waals surface area contributed by atoms with E-state index in [4.69, 9.17) is 8.85 Å². The van der Waals surface area contributed by atoms with Crippen molar-refractivity contribution in [2.45, 2.75) is 40.0 Å². The minimum absolute atomic E-state index is 0.814. The van der Waals surface area contributed by atoms with Crippen LogP contribution in [0.4, 0.5) is 0 Å². The van der Waals surface area contributed by atoms with Crippen LogP contribution in [0.1, 0.15) is 13.8 Å². The van der Waals surface area contributed by atoms with Crippen molar-refractivity contribution in [2.24, 2.45) is 0 Å². The van der Waals surface area contributed by atoms with Gasteiger partial charge in [0.15, 0.2) is 0 Å². The number of hydrogen-bond acceptors (Lipinski definition) is 2. The normalized spacial score (nSPS) is 11.6. The van der Waals surface area contributed by atoms with Crippen molar-refractivity contribution in [3.8, 4) is 0 Å². The lowest BCUT2D eigenvalue weighted by molar-refractivity contribution is 0.338. The first-order valence-electron chi connectivity index (χ1n) is 8.72. The van der Waals surface area contributed by atoms with Crippen LogP contribution < -0.4 is 10.4 Å². The Hall–Kier alpha value is -1.21. The van der Waals surface area contributed by atoms with Gasteiger partial charge < -0.3 is 8.85 Å². The van der Waals surface area contributed by atoms with E-state index in [1.54, 1.807) is 0 Å². The Bertz CT molecular complexity index is 515. The second-order valence-corrected chi connectivity index (χ2v) is 14.4. The molecule has 0 fully saturated rings. The molecule has 0 saturated heterocycles. The Morgan fingerprint density at radius 3 is 1.12 bits per heavy atom. The maximum atomic E-state index is 5.75. The van der Waals surface area contributed by atoms with Crippen LogP contribution in [-0.4, -0.2) is 29.8 Å². The zero-order chi connectivity index (χ0) is 18.1. The molecule has 2 aromatic carbocycles. The third-order valence-electron chi connectivity index (χ3n) is 3.95. The monoisotopic (exact) mass is 360 g/mol. The Kier molecular flexibility index (Phi) is 8.63. The minimum atomic E-state index is -1.58. The molecule has 0 amide bonds. The van der Waals surface area contributed by atoms with E-state index in [-0.39, 0.29) is 0 Å². The van der Waals surface area contributed by atoms with Gasteiger partial charge in [-0.15, -0.1) is 0 Å². The third kappa shape index (κ3) is 6.73. The summed E-state index contributed by atoms with van der Waals surface area (Å²) < 4.78 is 11.5. The predicted octanol–water partition coefficient (Wildman–Crippen LogP) is 4.27. The number of rotatable bonds is 6. The molecule has 0 saturated carbocycles. The maximum absolute atomic E-state index is 5.75. The zero-order valence-electron chi connectivity index (χ0n) is 16.0. The van der Waals surface area contributed by atoms with E-state index in [1.807, 2.05) is 12.1 Å². The summed E-state index contributed by atoms with van der Waals surface area (Å²) in [5, 5.41) is 2.73. The van der Waals surface area contributed by atoms with Gasteiger partial charge in [-0.25, -0.2) is 0 Å². The van der Waals surface area contributed by atoms with Crippen molar-refractivity contribution >= 4 is 27.0 Å². The minimum Gasteiger partial charge on any atom is -0.413 e. The van der Waals surface area contributed by atoms with Gasteiger partial charge in [-0.05, 0) is 50.4 Å². The highest BCUT2D eigenvalue weighted by Gasteiger charge is 2.24. The second kappa shape index (κ2) is 9.94. The van der Waals surface area contributed by atoms with E-state index in [9.17, 15) is 0 Å². The van der Waals surface area contributed by atoms with E-state index < -0.39 is 16.6 Å². The molecule has 2 nitrogen and oxygen atoms in total. The Balaban J connectivity index is 0.000000240. The van der Waals surface area contributed by atoms with E-state index in [1.165, 1.54) is 10.4 Å². The summed E-state index contributed by atoms with van der Waals surface area (Å²) in [6, 6.07) is 21.0. The summed E-state index contributed by atoms with van der Waals surface area (Å²) >= 11 is 0. The maximum Gasteiger partial charge on any atom is 0.218 e. The quantitative estimate of drug-likeness (QED) is 0.716. The number of benzene rings is 2. The molecule has 24 heavy (non-hydrogen) atoms. The fourth-order valence-electron chi connectivity index (χ4n) is 2.57. The van der Waals surface area contributed by atoms with E-state index in [2.05, 4.69) is 88.6 Å². The predicted molar refractivity (Wildman–Crippen MR) is 110 cm³/mol. The lowest BCUT2D eigenvalue weighted by Crippen LogP contribution is -2.44. The standard InChI is InChI=1S/2C10H16OSi/c2*1-4-11-12(2,3)10-8-6-5-7-9-10/h2*5-9H,4H2,1-3H3. The van der Waals surface area contributed by atoms with Gasteiger partial charge >= 0.3 is 0 Å². The average molecular weight is 361 g/mol. The van der Waals surface area contributed by atoms with Crippen molar-refractivity contribution in [1.82, 2.24) is 0 Å². The second-order valence-electron chi connectivity index (χ2n) is 6.62. The molecule has 4 heteroatoms. The fraction of sp³-hybridized carbons (Fsp3) is 0.400. The lowest BCUT2D eigenvalue weighted by atomic mass is 10.4. The van der Waals surface area contributed by atoms with Gasteiger partial charge in [0.05, 0.1) is 0 Å². The van der Waals surface area contributed by atoms with Gasteiger partial charge in [-0.1, -0.05) is 60.7 Å². The molecular formula is C20H32O2Si2. The third-order valence-corrected chi connectivity index (χ3v) is 9.42. The summed E-state index contributed by atoms with van der Waals surface area (Å²) in [7, 11) is -3.16. The van der Waals surface area contributed by atoms with Crippen LogP contribution in [0.15, 0.2) is 60.7 Å². The highest BCUT2D eigenvalue weighted by molar-refractivity contribution is 6.84. The molecule has 2 aromatic rings. The van der Waals surface area contributed by atoms with Gasteiger partial charge in [0.25, 0.3) is 0 Å². The summed E-state index contributed by atoms with van der Waals surface area (Å²) in [5.41, 5.74) is 0. The first-order valence-corrected chi connectivity index (χ1v) is 14.5. The zero-order valence-corrected chi connectivity index (χ0v) is 18.0. The lowest BCUT2D eigenvalue weighted by Gasteiger charge is -2.21. The average Bonchev–Trinajstić information content (AvgIpc) is 2.57. The SMILES string of the molecule is CCO[Si](C)(C)c1ccccc1.CCO[Si](C)(C)c1ccccc1. The molecule has 0 aliphatic rings. The van der Waals surface area contributed by atoms with Crippen molar-refractivity contribution in [3.63, 3.8) is 0 Å². The highest BCUT2D eigenvalue weighted by atomic mass is 28.4. The van der Waals surface area contributed by atoms with Crippen molar-refractivity contribution in [3.05, 3.63) is 60.7 Å². The van der Waals surface area contributed by atoms with Gasteiger partial charge in [-0.3, -0.25) is 0 Å². The van der Waals surface area contributed by atoms with Crippen LogP contribution in [0, 0.1) is 0 Å². The summed E-state index contributed by atoms with van der Waals surface area (Å²) in [6.45, 7) is 14.6. The van der Waals surface area contributed by atoms with Crippen molar-refractivity contribution in [2.75, 3.05) is 13.2 Å². The largest absolute Gasteiger partial charge is 0.413 e. The van der Waals surface area contributed by atoms with Crippen LogP contribution in [0.2, 0.25) is 26.2 Å². The molecule has 2 rings (SSSR count). The van der Waals surface area contributed by atoms with Crippen LogP contribution in [0.3, 0.4) is 0 Å². The Morgan fingerprint density at radius 1 is 0.583 bits per heavy atom. The molecule has 0 bridgehead atoms. The molecule has 132 valence electrons. The molecule has 0 aliphatic heterocycles. The van der Waals surface area contributed by atoms with Crippen LogP contribution in [-0.2, 0) is 8.85 Å². The van der Waals surface area contributed by atoms with Gasteiger partial charge in [0.1, 0.15) is 0 Å². The first kappa shape index (κ1) is 20.8. The summed E-state index contributed by atoms with van der Waals surface area (Å²) in [4.78, 5) is 0. The van der Waals surface area contributed by atoms with E-state index >= 15 is 0 Å². The summed E-state index contributed by atoms with van der Waals surface area (Å²) in [6.07, 6.45) is 0.